The van der Waals surface area contributed by atoms with Crippen LogP contribution in [0.2, 0.25) is 0 Å². The lowest BCUT2D eigenvalue weighted by Gasteiger charge is -2.14. The summed E-state index contributed by atoms with van der Waals surface area (Å²) in [6.45, 7) is 0. The topological polar surface area (TPSA) is 77.8 Å². The lowest BCUT2D eigenvalue weighted by molar-refractivity contribution is -0.131. The monoisotopic (exact) mass is 286 g/mol. The molecule has 21 heavy (non-hydrogen) atoms. The van der Waals surface area contributed by atoms with Crippen LogP contribution in [0.1, 0.15) is 30.9 Å². The fourth-order valence-corrected chi connectivity index (χ4v) is 2.37. The largest absolute Gasteiger partial charge is 0.507 e. The Morgan fingerprint density at radius 3 is 2.57 bits per heavy atom. The predicted molar refractivity (Wildman–Crippen MR) is 81.2 cm³/mol. The van der Waals surface area contributed by atoms with E-state index >= 15 is 0 Å². The number of aliphatic carboxylic acids is 1. The maximum atomic E-state index is 10.3. The number of carboxylic acid groups (broad SMARTS) is 1. The Labute approximate surface area is 123 Å². The minimum absolute atomic E-state index is 0.200. The number of carbonyl (C=O) groups is 1. The third kappa shape index (κ3) is 3.83. The molecule has 3 N–H and O–H groups in total. The van der Waals surface area contributed by atoms with Gasteiger partial charge in [0.15, 0.2) is 0 Å². The van der Waals surface area contributed by atoms with Gasteiger partial charge in [-0.05, 0) is 36.3 Å². The van der Waals surface area contributed by atoms with Crippen LogP contribution in [0, 0.1) is 0 Å². The number of hydrogen-bond acceptors (Lipinski definition) is 3. The molecule has 0 unspecified atom stereocenters. The van der Waals surface area contributed by atoms with Gasteiger partial charge in [0.25, 0.3) is 0 Å². The maximum Gasteiger partial charge on any atom is 0.327 e. The van der Waals surface area contributed by atoms with E-state index in [2.05, 4.69) is 0 Å². The van der Waals surface area contributed by atoms with Crippen LogP contribution in [-0.2, 0) is 4.79 Å². The Kier molecular flexibility index (Phi) is 4.95. The number of benzene rings is 2. The van der Waals surface area contributed by atoms with Crippen molar-refractivity contribution in [2.24, 2.45) is 0 Å². The first-order valence-electron chi connectivity index (χ1n) is 6.87. The number of carboxylic acids is 1. The van der Waals surface area contributed by atoms with Crippen molar-refractivity contribution in [3.8, 4) is 5.75 Å². The lowest BCUT2D eigenvalue weighted by Crippen LogP contribution is -1.98. The lowest BCUT2D eigenvalue weighted by atomic mass is 9.97. The standard InChI is InChI=1S/C17H18O4/c18-15(8-2-1-3-9-17(20)21)14-10-11-16(19)13-7-5-4-6-12(13)14/h3-7,9-11,15,18-19H,1-2,8H2,(H,20,21)/b9-3+/t15-/m0/s1. The van der Waals surface area contributed by atoms with Crippen molar-refractivity contribution in [1.82, 2.24) is 0 Å². The summed E-state index contributed by atoms with van der Waals surface area (Å²) in [7, 11) is 0. The number of allylic oxidation sites excluding steroid dienone is 1. The maximum absolute atomic E-state index is 10.3. The second-order valence-corrected chi connectivity index (χ2v) is 4.91. The van der Waals surface area contributed by atoms with Gasteiger partial charge in [0, 0.05) is 11.5 Å². The summed E-state index contributed by atoms with van der Waals surface area (Å²) >= 11 is 0. The second-order valence-electron chi connectivity index (χ2n) is 4.91. The molecule has 110 valence electrons. The third-order valence-corrected chi connectivity index (χ3v) is 3.40. The SMILES string of the molecule is O=C(O)/C=C/CCC[C@H](O)c1ccc(O)c2ccccc12. The van der Waals surface area contributed by atoms with Crippen LogP contribution in [0.3, 0.4) is 0 Å². The molecule has 0 amide bonds. The number of hydrogen-bond donors (Lipinski definition) is 3. The Morgan fingerprint density at radius 2 is 1.86 bits per heavy atom. The predicted octanol–water partition coefficient (Wildman–Crippen LogP) is 3.39. The zero-order valence-corrected chi connectivity index (χ0v) is 11.6. The number of aliphatic hydroxyl groups is 1. The van der Waals surface area contributed by atoms with Crippen LogP contribution in [0.4, 0.5) is 0 Å². The summed E-state index contributed by atoms with van der Waals surface area (Å²) in [6, 6.07) is 10.7. The van der Waals surface area contributed by atoms with E-state index in [0.29, 0.717) is 19.3 Å². The van der Waals surface area contributed by atoms with E-state index in [0.717, 1.165) is 22.4 Å². The van der Waals surface area contributed by atoms with Crippen molar-refractivity contribution in [1.29, 1.82) is 0 Å². The van der Waals surface area contributed by atoms with Crippen LogP contribution >= 0.6 is 0 Å². The highest BCUT2D eigenvalue weighted by atomic mass is 16.4. The van der Waals surface area contributed by atoms with Gasteiger partial charge < -0.3 is 15.3 Å². The molecule has 4 nitrogen and oxygen atoms in total. The van der Waals surface area contributed by atoms with Crippen LogP contribution < -0.4 is 0 Å². The summed E-state index contributed by atoms with van der Waals surface area (Å²) in [6.07, 6.45) is 3.92. The normalized spacial score (nSPS) is 12.8. The van der Waals surface area contributed by atoms with Gasteiger partial charge in [-0.2, -0.15) is 0 Å². The summed E-state index contributed by atoms with van der Waals surface area (Å²) in [5.41, 5.74) is 0.783. The molecule has 2 rings (SSSR count). The van der Waals surface area contributed by atoms with Crippen LogP contribution in [0.25, 0.3) is 10.8 Å². The Hall–Kier alpha value is -2.33. The Balaban J connectivity index is 2.08. The van der Waals surface area contributed by atoms with Crippen LogP contribution in [-0.4, -0.2) is 21.3 Å². The molecular weight excluding hydrogens is 268 g/mol. The molecule has 0 bridgehead atoms. The first-order valence-corrected chi connectivity index (χ1v) is 6.87. The molecule has 0 aromatic heterocycles. The van der Waals surface area contributed by atoms with E-state index in [4.69, 9.17) is 5.11 Å². The molecule has 0 spiro atoms. The smallest absolute Gasteiger partial charge is 0.327 e. The summed E-state index contributed by atoms with van der Waals surface area (Å²) in [5, 5.41) is 30.2. The van der Waals surface area contributed by atoms with Crippen molar-refractivity contribution in [3.05, 3.63) is 54.1 Å². The van der Waals surface area contributed by atoms with Crippen molar-refractivity contribution in [2.45, 2.75) is 25.4 Å². The van der Waals surface area contributed by atoms with E-state index < -0.39 is 12.1 Å². The first-order chi connectivity index (χ1) is 10.1. The van der Waals surface area contributed by atoms with Crippen molar-refractivity contribution in [3.63, 3.8) is 0 Å². The average molecular weight is 286 g/mol. The van der Waals surface area contributed by atoms with E-state index in [9.17, 15) is 15.0 Å². The zero-order chi connectivity index (χ0) is 15.2. The average Bonchev–Trinajstić information content (AvgIpc) is 2.47. The van der Waals surface area contributed by atoms with Crippen LogP contribution in [0.15, 0.2) is 48.6 Å². The molecule has 0 radical (unpaired) electrons. The highest BCUT2D eigenvalue weighted by Gasteiger charge is 2.12. The van der Waals surface area contributed by atoms with Gasteiger partial charge in [0.05, 0.1) is 6.10 Å². The van der Waals surface area contributed by atoms with E-state index in [-0.39, 0.29) is 5.75 Å². The minimum atomic E-state index is -0.958. The molecule has 0 fully saturated rings. The molecule has 0 saturated carbocycles. The first kappa shape index (κ1) is 15.1. The molecule has 0 saturated heterocycles. The number of aromatic hydroxyl groups is 1. The van der Waals surface area contributed by atoms with Crippen LogP contribution in [0.5, 0.6) is 5.75 Å². The number of rotatable bonds is 6. The Morgan fingerprint density at radius 1 is 1.14 bits per heavy atom. The number of phenolic OH excluding ortho intramolecular Hbond substituents is 1. The number of phenols is 1. The van der Waals surface area contributed by atoms with Crippen molar-refractivity contribution >= 4 is 16.7 Å². The minimum Gasteiger partial charge on any atom is -0.507 e. The van der Waals surface area contributed by atoms with Gasteiger partial charge in [-0.25, -0.2) is 4.79 Å². The molecule has 0 heterocycles. The summed E-state index contributed by atoms with van der Waals surface area (Å²) in [4.78, 5) is 10.3. The van der Waals surface area contributed by atoms with E-state index in [1.54, 1.807) is 18.2 Å². The highest BCUT2D eigenvalue weighted by Crippen LogP contribution is 2.32. The Bertz CT molecular complexity index is 661. The number of fused-ring (bicyclic) bond motifs is 1. The third-order valence-electron chi connectivity index (χ3n) is 3.40. The molecule has 0 aliphatic carbocycles. The highest BCUT2D eigenvalue weighted by molar-refractivity contribution is 5.91. The van der Waals surface area contributed by atoms with Crippen molar-refractivity contribution < 1.29 is 20.1 Å². The number of unbranched alkanes of at least 4 members (excludes halogenated alkanes) is 1. The molecule has 4 heteroatoms. The van der Waals surface area contributed by atoms with Gasteiger partial charge in [0.1, 0.15) is 5.75 Å². The fraction of sp³-hybridized carbons (Fsp3) is 0.235. The van der Waals surface area contributed by atoms with E-state index in [1.807, 2.05) is 24.3 Å². The van der Waals surface area contributed by atoms with E-state index in [1.165, 1.54) is 0 Å². The van der Waals surface area contributed by atoms with Gasteiger partial charge in [-0.1, -0.05) is 36.4 Å². The summed E-state index contributed by atoms with van der Waals surface area (Å²) in [5.74, 6) is -0.758. The van der Waals surface area contributed by atoms with Gasteiger partial charge in [-0.3, -0.25) is 0 Å². The zero-order valence-electron chi connectivity index (χ0n) is 11.6. The quantitative estimate of drug-likeness (QED) is 0.562. The molecule has 1 atom stereocenters. The molecule has 0 aliphatic rings. The van der Waals surface area contributed by atoms with Gasteiger partial charge in [-0.15, -0.1) is 0 Å². The summed E-state index contributed by atoms with van der Waals surface area (Å²) < 4.78 is 0. The fourth-order valence-electron chi connectivity index (χ4n) is 2.37. The number of aliphatic hydroxyl groups excluding tert-OH is 1. The molecule has 0 aliphatic heterocycles. The van der Waals surface area contributed by atoms with Crippen molar-refractivity contribution in [2.75, 3.05) is 0 Å². The second kappa shape index (κ2) is 6.90. The molecule has 2 aromatic rings. The molecular formula is C17H18O4. The molecule has 2 aromatic carbocycles. The van der Waals surface area contributed by atoms with Gasteiger partial charge >= 0.3 is 5.97 Å². The van der Waals surface area contributed by atoms with Gasteiger partial charge in [0.2, 0.25) is 0 Å².